The molecule has 1 aromatic carbocycles. The smallest absolute Gasteiger partial charge is 0.308 e. The lowest BCUT2D eigenvalue weighted by Gasteiger charge is -2.19. The maximum atomic E-state index is 11.5. The largest absolute Gasteiger partial charge is 0.424 e. The number of carbonyl (C=O) groups is 4. The highest BCUT2D eigenvalue weighted by Gasteiger charge is 2.18. The van der Waals surface area contributed by atoms with Gasteiger partial charge in [0.05, 0.1) is 11.4 Å². The van der Waals surface area contributed by atoms with E-state index in [9.17, 15) is 19.2 Å². The van der Waals surface area contributed by atoms with E-state index >= 15 is 0 Å². The molecule has 0 atom stereocenters. The number of anilines is 2. The van der Waals surface area contributed by atoms with E-state index in [2.05, 4.69) is 5.32 Å². The molecule has 1 aromatic rings. The van der Waals surface area contributed by atoms with Gasteiger partial charge in [0.25, 0.3) is 0 Å². The van der Waals surface area contributed by atoms with Crippen LogP contribution in [-0.4, -0.2) is 23.7 Å². The third-order valence-corrected chi connectivity index (χ3v) is 2.42. The molecule has 0 spiro atoms. The molecule has 1 rings (SSSR count). The predicted octanol–water partition coefficient (Wildman–Crippen LogP) is 1.47. The number of ether oxygens (including phenoxy) is 1. The number of benzene rings is 1. The summed E-state index contributed by atoms with van der Waals surface area (Å²) in [5.41, 5.74) is 0.470. The Bertz CT molecular complexity index is 595. The summed E-state index contributed by atoms with van der Waals surface area (Å²) in [6.45, 7) is 5.01. The zero-order chi connectivity index (χ0) is 16.2. The second-order valence-corrected chi connectivity index (χ2v) is 4.33. The van der Waals surface area contributed by atoms with Crippen LogP contribution in [0.15, 0.2) is 18.2 Å². The van der Waals surface area contributed by atoms with Crippen LogP contribution in [-0.2, 0) is 19.2 Å². The van der Waals surface area contributed by atoms with Crippen molar-refractivity contribution in [2.75, 3.05) is 10.2 Å². The molecule has 7 heteroatoms. The number of nitrogens with zero attached hydrogens (tertiary/aromatic N) is 1. The van der Waals surface area contributed by atoms with E-state index in [0.29, 0.717) is 0 Å². The number of carbonyl (C=O) groups excluding carboxylic acids is 4. The van der Waals surface area contributed by atoms with Crippen molar-refractivity contribution in [3.05, 3.63) is 18.2 Å². The number of amides is 3. The molecular formula is C14H16N2O5. The SMILES string of the molecule is CC(=O)Nc1cc(N(C(C)=O)C(C)=O)ccc1OC(C)=O. The maximum Gasteiger partial charge on any atom is 0.308 e. The molecule has 3 amide bonds. The molecule has 0 unspecified atom stereocenters. The van der Waals surface area contributed by atoms with Crippen LogP contribution in [0.1, 0.15) is 27.7 Å². The molecule has 0 aromatic heterocycles. The van der Waals surface area contributed by atoms with Gasteiger partial charge in [-0.25, -0.2) is 0 Å². The maximum absolute atomic E-state index is 11.5. The second kappa shape index (κ2) is 6.65. The Labute approximate surface area is 121 Å². The quantitative estimate of drug-likeness (QED) is 0.672. The van der Waals surface area contributed by atoms with Crippen LogP contribution >= 0.6 is 0 Å². The van der Waals surface area contributed by atoms with E-state index in [-0.39, 0.29) is 23.0 Å². The van der Waals surface area contributed by atoms with Gasteiger partial charge in [-0.2, -0.15) is 0 Å². The highest BCUT2D eigenvalue weighted by atomic mass is 16.5. The fourth-order valence-electron chi connectivity index (χ4n) is 1.77. The molecule has 112 valence electrons. The topological polar surface area (TPSA) is 92.8 Å². The molecule has 7 nitrogen and oxygen atoms in total. The number of nitrogens with one attached hydrogen (secondary N) is 1. The molecule has 21 heavy (non-hydrogen) atoms. The van der Waals surface area contributed by atoms with Crippen molar-refractivity contribution in [1.82, 2.24) is 0 Å². The van der Waals surface area contributed by atoms with Gasteiger partial charge in [-0.05, 0) is 18.2 Å². The van der Waals surface area contributed by atoms with Gasteiger partial charge < -0.3 is 10.1 Å². The fourth-order valence-corrected chi connectivity index (χ4v) is 1.77. The van der Waals surface area contributed by atoms with Gasteiger partial charge in [0.15, 0.2) is 5.75 Å². The zero-order valence-corrected chi connectivity index (χ0v) is 12.2. The minimum Gasteiger partial charge on any atom is -0.424 e. The summed E-state index contributed by atoms with van der Waals surface area (Å²) >= 11 is 0. The summed E-state index contributed by atoms with van der Waals surface area (Å²) in [6, 6.07) is 4.25. The predicted molar refractivity (Wildman–Crippen MR) is 75.9 cm³/mol. The van der Waals surface area contributed by atoms with Crippen LogP contribution < -0.4 is 15.0 Å². The Kier molecular flexibility index (Phi) is 5.18. The van der Waals surface area contributed by atoms with E-state index in [1.165, 1.54) is 45.9 Å². The first-order chi connectivity index (χ1) is 9.72. The number of rotatable bonds is 3. The van der Waals surface area contributed by atoms with Crippen LogP contribution in [0.25, 0.3) is 0 Å². The third-order valence-electron chi connectivity index (χ3n) is 2.42. The first-order valence-corrected chi connectivity index (χ1v) is 6.13. The average molecular weight is 292 g/mol. The van der Waals surface area contributed by atoms with E-state index in [4.69, 9.17) is 4.74 Å². The Morgan fingerprint density at radius 2 is 1.57 bits per heavy atom. The second-order valence-electron chi connectivity index (χ2n) is 4.33. The molecule has 0 aliphatic rings. The summed E-state index contributed by atoms with van der Waals surface area (Å²) in [5, 5.41) is 2.49. The first-order valence-electron chi connectivity index (χ1n) is 6.13. The molecule has 0 saturated heterocycles. The standard InChI is InChI=1S/C14H16N2O5/c1-8(17)15-13-7-12(16(9(2)18)10(3)19)5-6-14(13)21-11(4)20/h5-7H,1-4H3,(H,15,17). The van der Waals surface area contributed by atoms with Crippen molar-refractivity contribution in [2.24, 2.45) is 0 Å². The van der Waals surface area contributed by atoms with Crippen LogP contribution in [0.3, 0.4) is 0 Å². The van der Waals surface area contributed by atoms with Gasteiger partial charge in [0.1, 0.15) is 0 Å². The molecule has 0 aliphatic carbocycles. The van der Waals surface area contributed by atoms with Crippen molar-refractivity contribution in [2.45, 2.75) is 27.7 Å². The monoisotopic (exact) mass is 292 g/mol. The van der Waals surface area contributed by atoms with Crippen LogP contribution in [0.5, 0.6) is 5.75 Å². The van der Waals surface area contributed by atoms with Crippen molar-refractivity contribution in [3.63, 3.8) is 0 Å². The number of hydrogen-bond acceptors (Lipinski definition) is 5. The van der Waals surface area contributed by atoms with Crippen molar-refractivity contribution >= 4 is 35.1 Å². The molecular weight excluding hydrogens is 276 g/mol. The molecule has 0 radical (unpaired) electrons. The van der Waals surface area contributed by atoms with Gasteiger partial charge in [-0.3, -0.25) is 24.1 Å². The van der Waals surface area contributed by atoms with Crippen molar-refractivity contribution < 1.29 is 23.9 Å². The summed E-state index contributed by atoms with van der Waals surface area (Å²) < 4.78 is 4.96. The highest BCUT2D eigenvalue weighted by Crippen LogP contribution is 2.30. The molecule has 1 N–H and O–H groups in total. The third kappa shape index (κ3) is 4.41. The van der Waals surface area contributed by atoms with Gasteiger partial charge in [-0.1, -0.05) is 0 Å². The Morgan fingerprint density at radius 3 is 2.00 bits per heavy atom. The van der Waals surface area contributed by atoms with Gasteiger partial charge in [0, 0.05) is 27.7 Å². The minimum absolute atomic E-state index is 0.133. The summed E-state index contributed by atoms with van der Waals surface area (Å²) in [5.74, 6) is -1.72. The number of imide groups is 1. The number of esters is 1. The van der Waals surface area contributed by atoms with Crippen LogP contribution in [0, 0.1) is 0 Å². The summed E-state index contributed by atoms with van der Waals surface area (Å²) in [6.07, 6.45) is 0. The first kappa shape index (κ1) is 16.4. The Balaban J connectivity index is 3.31. The van der Waals surface area contributed by atoms with E-state index < -0.39 is 17.8 Å². The van der Waals surface area contributed by atoms with Crippen LogP contribution in [0.4, 0.5) is 11.4 Å². The van der Waals surface area contributed by atoms with Crippen molar-refractivity contribution in [3.8, 4) is 5.75 Å². The van der Waals surface area contributed by atoms with E-state index in [1.54, 1.807) is 0 Å². The molecule has 0 heterocycles. The zero-order valence-electron chi connectivity index (χ0n) is 12.2. The van der Waals surface area contributed by atoms with Gasteiger partial charge in [-0.15, -0.1) is 0 Å². The summed E-state index contributed by atoms with van der Waals surface area (Å²) in [7, 11) is 0. The lowest BCUT2D eigenvalue weighted by atomic mass is 10.2. The normalized spacial score (nSPS) is 9.71. The minimum atomic E-state index is -0.552. The lowest BCUT2D eigenvalue weighted by molar-refractivity contribution is -0.132. The molecule has 0 fully saturated rings. The molecule has 0 aliphatic heterocycles. The van der Waals surface area contributed by atoms with E-state index in [0.717, 1.165) is 4.90 Å². The summed E-state index contributed by atoms with van der Waals surface area (Å²) in [4.78, 5) is 46.2. The highest BCUT2D eigenvalue weighted by molar-refractivity contribution is 6.13. The average Bonchev–Trinajstić information content (AvgIpc) is 2.30. The Hall–Kier alpha value is -2.70. The lowest BCUT2D eigenvalue weighted by Crippen LogP contribution is -2.33. The van der Waals surface area contributed by atoms with Crippen molar-refractivity contribution in [1.29, 1.82) is 0 Å². The van der Waals surface area contributed by atoms with Crippen LogP contribution in [0.2, 0.25) is 0 Å². The van der Waals surface area contributed by atoms with E-state index in [1.807, 2.05) is 0 Å². The number of hydrogen-bond donors (Lipinski definition) is 1. The Morgan fingerprint density at radius 1 is 1.00 bits per heavy atom. The molecule has 0 bridgehead atoms. The van der Waals surface area contributed by atoms with Gasteiger partial charge >= 0.3 is 5.97 Å². The van der Waals surface area contributed by atoms with Gasteiger partial charge in [0.2, 0.25) is 17.7 Å². The molecule has 0 saturated carbocycles. The fraction of sp³-hybridized carbons (Fsp3) is 0.286.